The lowest BCUT2D eigenvalue weighted by atomic mass is 10.2. The lowest BCUT2D eigenvalue weighted by molar-refractivity contribution is -0.146. The van der Waals surface area contributed by atoms with Crippen LogP contribution in [0.5, 0.6) is 0 Å². The van der Waals surface area contributed by atoms with E-state index in [1.165, 1.54) is 30.4 Å². The molecule has 0 aliphatic carbocycles. The van der Waals surface area contributed by atoms with E-state index < -0.39 is 5.97 Å². The molecule has 5 nitrogen and oxygen atoms in total. The highest BCUT2D eigenvalue weighted by Gasteiger charge is 2.10. The number of amides is 1. The molecule has 0 unspecified atom stereocenters. The molecule has 0 fully saturated rings. The second-order valence-corrected chi connectivity index (χ2v) is 6.00. The molecule has 1 aromatic carbocycles. The minimum Gasteiger partial charge on any atom is -0.456 e. The number of halogens is 1. The zero-order valence-corrected chi connectivity index (χ0v) is 13.7. The molecule has 0 bridgehead atoms. The predicted octanol–water partition coefficient (Wildman–Crippen LogP) is 2.48. The first kappa shape index (κ1) is 17.1. The summed E-state index contributed by atoms with van der Waals surface area (Å²) in [6.45, 7) is 3.33. The monoisotopic (exact) mass is 336 g/mol. The summed E-state index contributed by atoms with van der Waals surface area (Å²) < 4.78 is 17.6. The van der Waals surface area contributed by atoms with Crippen molar-refractivity contribution in [1.82, 2.24) is 10.3 Å². The summed E-state index contributed by atoms with van der Waals surface area (Å²) in [6, 6.07) is 6.19. The molecular formula is C16H17FN2O3S. The van der Waals surface area contributed by atoms with Gasteiger partial charge in [-0.15, -0.1) is 11.3 Å². The lowest BCUT2D eigenvalue weighted by Gasteiger charge is -2.04. The Morgan fingerprint density at radius 3 is 2.65 bits per heavy atom. The van der Waals surface area contributed by atoms with Crippen LogP contribution in [0.4, 0.5) is 4.39 Å². The van der Waals surface area contributed by atoms with Crippen molar-refractivity contribution in [1.29, 1.82) is 0 Å². The normalized spacial score (nSPS) is 10.4. The Bertz CT molecular complexity index is 698. The third kappa shape index (κ3) is 5.14. The van der Waals surface area contributed by atoms with Crippen LogP contribution in [0.15, 0.2) is 24.3 Å². The van der Waals surface area contributed by atoms with E-state index >= 15 is 0 Å². The van der Waals surface area contributed by atoms with Gasteiger partial charge >= 0.3 is 5.97 Å². The van der Waals surface area contributed by atoms with E-state index in [0.717, 1.165) is 21.1 Å². The van der Waals surface area contributed by atoms with Crippen molar-refractivity contribution in [2.75, 3.05) is 13.2 Å². The van der Waals surface area contributed by atoms with Crippen LogP contribution in [-0.4, -0.2) is 30.0 Å². The van der Waals surface area contributed by atoms with E-state index in [1.54, 1.807) is 12.1 Å². The maximum atomic E-state index is 13.0. The summed E-state index contributed by atoms with van der Waals surface area (Å²) in [5.74, 6) is -1.10. The molecule has 0 atom stereocenters. The minimum absolute atomic E-state index is 0.266. The van der Waals surface area contributed by atoms with E-state index in [9.17, 15) is 14.0 Å². The fraction of sp³-hybridized carbons (Fsp3) is 0.312. The summed E-state index contributed by atoms with van der Waals surface area (Å²) in [5, 5.41) is 3.51. The molecule has 0 radical (unpaired) electrons. The summed E-state index contributed by atoms with van der Waals surface area (Å²) >= 11 is 1.52. The maximum absolute atomic E-state index is 13.0. The Morgan fingerprint density at radius 2 is 2.00 bits per heavy atom. The quantitative estimate of drug-likeness (QED) is 0.823. The van der Waals surface area contributed by atoms with Crippen LogP contribution in [0.1, 0.15) is 17.5 Å². The van der Waals surface area contributed by atoms with Crippen LogP contribution in [0.25, 0.3) is 10.6 Å². The number of carbonyl (C=O) groups is 2. The van der Waals surface area contributed by atoms with Gasteiger partial charge in [0.05, 0.1) is 5.69 Å². The van der Waals surface area contributed by atoms with E-state index in [4.69, 9.17) is 0 Å². The van der Waals surface area contributed by atoms with Gasteiger partial charge in [0.2, 0.25) is 0 Å². The third-order valence-corrected chi connectivity index (χ3v) is 4.33. The zero-order valence-electron chi connectivity index (χ0n) is 12.9. The highest BCUT2D eigenvalue weighted by Crippen LogP contribution is 2.28. The Morgan fingerprint density at radius 1 is 1.30 bits per heavy atom. The number of nitrogens with one attached hydrogen (secondary N) is 1. The third-order valence-electron chi connectivity index (χ3n) is 3.06. The second-order valence-electron chi connectivity index (χ2n) is 4.91. The molecule has 23 heavy (non-hydrogen) atoms. The van der Waals surface area contributed by atoms with Crippen molar-refractivity contribution in [3.63, 3.8) is 0 Å². The van der Waals surface area contributed by atoms with Crippen LogP contribution < -0.4 is 5.32 Å². The Balaban J connectivity index is 1.90. The molecule has 1 aromatic heterocycles. The SMILES string of the molecule is CC(=O)OCC(=O)NCCc1sc(-c2ccc(F)cc2)nc1C. The van der Waals surface area contributed by atoms with Gasteiger partial charge in [0.1, 0.15) is 10.8 Å². The first-order chi connectivity index (χ1) is 11.0. The summed E-state index contributed by atoms with van der Waals surface area (Å²) in [7, 11) is 0. The summed E-state index contributed by atoms with van der Waals surface area (Å²) in [4.78, 5) is 27.6. The molecule has 2 rings (SSSR count). The first-order valence-electron chi connectivity index (χ1n) is 7.08. The number of aromatic nitrogens is 1. The molecule has 1 heterocycles. The second kappa shape index (κ2) is 7.82. The van der Waals surface area contributed by atoms with Crippen LogP contribution >= 0.6 is 11.3 Å². The summed E-state index contributed by atoms with van der Waals surface area (Å²) in [6.07, 6.45) is 0.635. The fourth-order valence-electron chi connectivity index (χ4n) is 1.91. The maximum Gasteiger partial charge on any atom is 0.303 e. The van der Waals surface area contributed by atoms with Crippen molar-refractivity contribution < 1.29 is 18.7 Å². The number of hydrogen-bond acceptors (Lipinski definition) is 5. The number of benzene rings is 1. The van der Waals surface area contributed by atoms with Crippen molar-refractivity contribution in [3.8, 4) is 10.6 Å². The molecule has 0 saturated heterocycles. The van der Waals surface area contributed by atoms with Gasteiger partial charge in [0, 0.05) is 30.3 Å². The van der Waals surface area contributed by atoms with Gasteiger partial charge in [-0.1, -0.05) is 0 Å². The highest BCUT2D eigenvalue weighted by molar-refractivity contribution is 7.15. The predicted molar refractivity (Wildman–Crippen MR) is 85.6 cm³/mol. The molecule has 2 aromatic rings. The van der Waals surface area contributed by atoms with Gasteiger partial charge in [0.15, 0.2) is 6.61 Å². The van der Waals surface area contributed by atoms with E-state index in [1.807, 2.05) is 6.92 Å². The molecule has 7 heteroatoms. The van der Waals surface area contributed by atoms with Crippen LogP contribution in [-0.2, 0) is 20.7 Å². The van der Waals surface area contributed by atoms with Crippen molar-refractivity contribution in [3.05, 3.63) is 40.7 Å². The number of hydrogen-bond donors (Lipinski definition) is 1. The number of carbonyl (C=O) groups excluding carboxylic acids is 2. The largest absolute Gasteiger partial charge is 0.456 e. The molecule has 0 aliphatic rings. The topological polar surface area (TPSA) is 68.3 Å². The van der Waals surface area contributed by atoms with Gasteiger partial charge in [-0.3, -0.25) is 9.59 Å². The summed E-state index contributed by atoms with van der Waals surface area (Å²) in [5.41, 5.74) is 1.76. The minimum atomic E-state index is -0.484. The number of aryl methyl sites for hydroxylation is 1. The molecule has 0 aliphatic heterocycles. The highest BCUT2D eigenvalue weighted by atomic mass is 32.1. The van der Waals surface area contributed by atoms with Crippen molar-refractivity contribution in [2.24, 2.45) is 0 Å². The van der Waals surface area contributed by atoms with E-state index in [-0.39, 0.29) is 18.3 Å². The number of rotatable bonds is 6. The molecular weight excluding hydrogens is 319 g/mol. The zero-order chi connectivity index (χ0) is 16.8. The Kier molecular flexibility index (Phi) is 5.81. The Labute approximate surface area is 137 Å². The van der Waals surface area contributed by atoms with E-state index in [2.05, 4.69) is 15.0 Å². The standard InChI is InChI=1S/C16H17FN2O3S/c1-10-14(7-8-18-15(21)9-22-11(2)20)23-16(19-10)12-3-5-13(17)6-4-12/h3-6H,7-9H2,1-2H3,(H,18,21). The molecule has 122 valence electrons. The van der Waals surface area contributed by atoms with Gasteiger partial charge < -0.3 is 10.1 Å². The van der Waals surface area contributed by atoms with Gasteiger partial charge in [0.25, 0.3) is 5.91 Å². The van der Waals surface area contributed by atoms with Crippen molar-refractivity contribution in [2.45, 2.75) is 20.3 Å². The lowest BCUT2D eigenvalue weighted by Crippen LogP contribution is -2.30. The molecule has 0 saturated carbocycles. The van der Waals surface area contributed by atoms with Gasteiger partial charge in [-0.05, 0) is 31.2 Å². The van der Waals surface area contributed by atoms with Crippen LogP contribution in [0.2, 0.25) is 0 Å². The average Bonchev–Trinajstić information content (AvgIpc) is 2.87. The smallest absolute Gasteiger partial charge is 0.303 e. The van der Waals surface area contributed by atoms with E-state index in [0.29, 0.717) is 13.0 Å². The van der Waals surface area contributed by atoms with Crippen LogP contribution in [0, 0.1) is 12.7 Å². The van der Waals surface area contributed by atoms with Gasteiger partial charge in [-0.2, -0.15) is 0 Å². The fourth-order valence-corrected chi connectivity index (χ4v) is 2.98. The number of esters is 1. The van der Waals surface area contributed by atoms with Crippen molar-refractivity contribution >= 4 is 23.2 Å². The number of thiazole rings is 1. The number of nitrogens with zero attached hydrogens (tertiary/aromatic N) is 1. The Hall–Kier alpha value is -2.28. The van der Waals surface area contributed by atoms with Crippen LogP contribution in [0.3, 0.4) is 0 Å². The van der Waals surface area contributed by atoms with Gasteiger partial charge in [-0.25, -0.2) is 9.37 Å². The average molecular weight is 336 g/mol. The molecule has 1 amide bonds. The molecule has 1 N–H and O–H groups in total. The number of ether oxygens (including phenoxy) is 1. The first-order valence-corrected chi connectivity index (χ1v) is 7.89. The molecule has 0 spiro atoms.